The zero-order valence-electron chi connectivity index (χ0n) is 12.8. The Morgan fingerprint density at radius 2 is 1.52 bits per heavy atom. The Morgan fingerprint density at radius 1 is 1.00 bits per heavy atom. The summed E-state index contributed by atoms with van der Waals surface area (Å²) in [4.78, 5) is 0. The van der Waals surface area contributed by atoms with Crippen LogP contribution in [0.4, 0.5) is 0 Å². The van der Waals surface area contributed by atoms with Crippen molar-refractivity contribution in [3.63, 3.8) is 0 Å². The first-order valence-corrected chi connectivity index (χ1v) is 7.05. The first-order valence-electron chi connectivity index (χ1n) is 7.05. The summed E-state index contributed by atoms with van der Waals surface area (Å²) in [6.07, 6.45) is -0.567. The average molecular weight is 306 g/mol. The highest BCUT2D eigenvalue weighted by atomic mass is 35.5. The van der Waals surface area contributed by atoms with E-state index in [1.54, 1.807) is 0 Å². The second-order valence-corrected chi connectivity index (χ2v) is 5.51. The van der Waals surface area contributed by atoms with Gasteiger partial charge in [-0.15, -0.1) is 12.4 Å². The molecule has 0 unspecified atom stereocenters. The smallest absolute Gasteiger partial charge is 0.0875 e. The molecule has 2 nitrogen and oxygen atoms in total. The Balaban J connectivity index is 0.00000220. The van der Waals surface area contributed by atoms with Gasteiger partial charge >= 0.3 is 0 Å². The third kappa shape index (κ3) is 3.85. The van der Waals surface area contributed by atoms with Crippen molar-refractivity contribution in [1.82, 2.24) is 0 Å². The summed E-state index contributed by atoms with van der Waals surface area (Å²) < 4.78 is 0. The quantitative estimate of drug-likeness (QED) is 0.902. The van der Waals surface area contributed by atoms with Gasteiger partial charge in [0.1, 0.15) is 0 Å². The standard InChI is InChI=1S/C18H23NO.ClH/c1-12-9-13(2)17(14(3)10-12)18(20)16(11-19)15-7-5-4-6-8-15;/h4-10,16,18,20H,11,19H2,1-3H3;1H/t16-,18+;/m0./s1. The van der Waals surface area contributed by atoms with Gasteiger partial charge in [-0.05, 0) is 43.0 Å². The van der Waals surface area contributed by atoms with E-state index in [9.17, 15) is 5.11 Å². The van der Waals surface area contributed by atoms with Crippen LogP contribution in [0.25, 0.3) is 0 Å². The fourth-order valence-corrected chi connectivity index (χ4v) is 3.01. The number of aliphatic hydroxyl groups excluding tert-OH is 1. The van der Waals surface area contributed by atoms with Crippen molar-refractivity contribution in [3.8, 4) is 0 Å². The third-order valence-corrected chi connectivity index (χ3v) is 3.90. The molecular weight excluding hydrogens is 282 g/mol. The molecule has 0 heterocycles. The highest BCUT2D eigenvalue weighted by Crippen LogP contribution is 2.34. The number of aliphatic hydroxyl groups is 1. The lowest BCUT2D eigenvalue weighted by Crippen LogP contribution is -2.21. The van der Waals surface area contributed by atoms with Gasteiger partial charge < -0.3 is 10.8 Å². The molecule has 2 atom stereocenters. The molecule has 0 saturated heterocycles. The summed E-state index contributed by atoms with van der Waals surface area (Å²) in [5.41, 5.74) is 11.5. The van der Waals surface area contributed by atoms with Gasteiger partial charge in [0.2, 0.25) is 0 Å². The van der Waals surface area contributed by atoms with E-state index in [1.165, 1.54) is 5.56 Å². The molecule has 0 saturated carbocycles. The summed E-state index contributed by atoms with van der Waals surface area (Å²) >= 11 is 0. The summed E-state index contributed by atoms with van der Waals surface area (Å²) in [6, 6.07) is 14.2. The number of aryl methyl sites for hydroxylation is 3. The molecule has 0 aliphatic rings. The van der Waals surface area contributed by atoms with Gasteiger partial charge in [0, 0.05) is 12.5 Å². The molecule has 2 rings (SSSR count). The van der Waals surface area contributed by atoms with Crippen LogP contribution in [-0.2, 0) is 0 Å². The maximum Gasteiger partial charge on any atom is 0.0875 e. The Bertz CT molecular complexity index is 560. The zero-order valence-corrected chi connectivity index (χ0v) is 13.7. The van der Waals surface area contributed by atoms with Crippen LogP contribution >= 0.6 is 12.4 Å². The number of rotatable bonds is 4. The Hall–Kier alpha value is -1.35. The first-order chi connectivity index (χ1) is 9.54. The summed E-state index contributed by atoms with van der Waals surface area (Å²) in [6.45, 7) is 6.61. The third-order valence-electron chi connectivity index (χ3n) is 3.90. The normalized spacial score (nSPS) is 13.4. The second-order valence-electron chi connectivity index (χ2n) is 5.51. The van der Waals surface area contributed by atoms with Crippen LogP contribution < -0.4 is 5.73 Å². The average Bonchev–Trinajstić information content (AvgIpc) is 2.39. The van der Waals surface area contributed by atoms with Crippen LogP contribution in [0, 0.1) is 20.8 Å². The molecule has 0 amide bonds. The van der Waals surface area contributed by atoms with Crippen molar-refractivity contribution < 1.29 is 5.11 Å². The van der Waals surface area contributed by atoms with Crippen molar-refractivity contribution in [2.75, 3.05) is 6.54 Å². The molecule has 2 aromatic rings. The predicted octanol–water partition coefficient (Wildman–Crippen LogP) is 3.81. The van der Waals surface area contributed by atoms with Gasteiger partial charge in [-0.3, -0.25) is 0 Å². The Kier molecular flexibility index (Phi) is 6.41. The van der Waals surface area contributed by atoms with E-state index in [2.05, 4.69) is 32.9 Å². The van der Waals surface area contributed by atoms with E-state index in [4.69, 9.17) is 5.73 Å². The van der Waals surface area contributed by atoms with E-state index in [1.807, 2.05) is 30.3 Å². The highest BCUT2D eigenvalue weighted by molar-refractivity contribution is 5.85. The minimum absolute atomic E-state index is 0. The lowest BCUT2D eigenvalue weighted by Gasteiger charge is -2.25. The molecule has 0 fully saturated rings. The molecule has 0 spiro atoms. The van der Waals surface area contributed by atoms with Crippen molar-refractivity contribution >= 4 is 12.4 Å². The van der Waals surface area contributed by atoms with E-state index >= 15 is 0 Å². The highest BCUT2D eigenvalue weighted by Gasteiger charge is 2.24. The molecule has 2 aromatic carbocycles. The van der Waals surface area contributed by atoms with Crippen LogP contribution in [0.2, 0.25) is 0 Å². The van der Waals surface area contributed by atoms with E-state index in [-0.39, 0.29) is 18.3 Å². The molecule has 0 aromatic heterocycles. The maximum absolute atomic E-state index is 10.8. The molecule has 0 bridgehead atoms. The minimum Gasteiger partial charge on any atom is -0.388 e. The number of nitrogens with two attached hydrogens (primary N) is 1. The summed E-state index contributed by atoms with van der Waals surface area (Å²) in [5.74, 6) is -0.0729. The van der Waals surface area contributed by atoms with Crippen LogP contribution in [0.3, 0.4) is 0 Å². The number of halogens is 1. The molecule has 3 N–H and O–H groups in total. The van der Waals surface area contributed by atoms with Crippen molar-refractivity contribution in [1.29, 1.82) is 0 Å². The molecular formula is C18H24ClNO. The van der Waals surface area contributed by atoms with Gasteiger partial charge in [0.15, 0.2) is 0 Å². The van der Waals surface area contributed by atoms with Crippen molar-refractivity contribution in [2.45, 2.75) is 32.8 Å². The minimum atomic E-state index is -0.567. The van der Waals surface area contributed by atoms with Crippen molar-refractivity contribution in [3.05, 3.63) is 70.3 Å². The van der Waals surface area contributed by atoms with Gasteiger partial charge in [-0.1, -0.05) is 48.0 Å². The molecule has 0 radical (unpaired) electrons. The molecule has 21 heavy (non-hydrogen) atoms. The topological polar surface area (TPSA) is 46.2 Å². The lowest BCUT2D eigenvalue weighted by molar-refractivity contribution is 0.146. The largest absolute Gasteiger partial charge is 0.388 e. The SMILES string of the molecule is Cc1cc(C)c([C@H](O)[C@@H](CN)c2ccccc2)c(C)c1.Cl. The second kappa shape index (κ2) is 7.60. The van der Waals surface area contributed by atoms with Gasteiger partial charge in [0.25, 0.3) is 0 Å². The molecule has 114 valence electrons. The fourth-order valence-electron chi connectivity index (χ4n) is 3.01. The van der Waals surface area contributed by atoms with Gasteiger partial charge in [0.05, 0.1) is 6.10 Å². The van der Waals surface area contributed by atoms with Crippen LogP contribution in [0.1, 0.15) is 39.8 Å². The van der Waals surface area contributed by atoms with Crippen LogP contribution in [0.5, 0.6) is 0 Å². The van der Waals surface area contributed by atoms with Gasteiger partial charge in [-0.25, -0.2) is 0 Å². The Morgan fingerprint density at radius 3 is 2.00 bits per heavy atom. The monoisotopic (exact) mass is 305 g/mol. The maximum atomic E-state index is 10.8. The predicted molar refractivity (Wildman–Crippen MR) is 91.1 cm³/mol. The van der Waals surface area contributed by atoms with Crippen molar-refractivity contribution in [2.24, 2.45) is 5.73 Å². The number of hydrogen-bond donors (Lipinski definition) is 2. The zero-order chi connectivity index (χ0) is 14.7. The number of hydrogen-bond acceptors (Lipinski definition) is 2. The summed E-state index contributed by atoms with van der Waals surface area (Å²) in [7, 11) is 0. The van der Waals surface area contributed by atoms with Gasteiger partial charge in [-0.2, -0.15) is 0 Å². The number of benzene rings is 2. The first kappa shape index (κ1) is 17.7. The fraction of sp³-hybridized carbons (Fsp3) is 0.333. The van der Waals surface area contributed by atoms with Crippen LogP contribution in [-0.4, -0.2) is 11.7 Å². The molecule has 0 aliphatic carbocycles. The van der Waals surface area contributed by atoms with E-state index < -0.39 is 6.10 Å². The van der Waals surface area contributed by atoms with E-state index in [0.717, 1.165) is 22.3 Å². The molecule has 0 aliphatic heterocycles. The van der Waals surface area contributed by atoms with Crippen LogP contribution in [0.15, 0.2) is 42.5 Å². The lowest BCUT2D eigenvalue weighted by atomic mass is 9.85. The summed E-state index contributed by atoms with van der Waals surface area (Å²) in [5, 5.41) is 10.8. The molecule has 3 heteroatoms. The Labute approximate surface area is 133 Å². The van der Waals surface area contributed by atoms with E-state index in [0.29, 0.717) is 6.54 Å².